The summed E-state index contributed by atoms with van der Waals surface area (Å²) in [6.07, 6.45) is 2.58. The molecule has 1 unspecified atom stereocenters. The molecule has 0 aromatic rings. The molecule has 0 aliphatic carbocycles. The second-order valence-corrected chi connectivity index (χ2v) is 3.76. The van der Waals surface area contributed by atoms with E-state index in [1.807, 2.05) is 0 Å². The van der Waals surface area contributed by atoms with Crippen LogP contribution < -0.4 is 0 Å². The van der Waals surface area contributed by atoms with Gasteiger partial charge in [0.2, 0.25) is 0 Å². The standard InChI is InChI=1S/C6H14O2Si/c1-2-5-9-8-6-3-4-7-6/h6H,2-5,9H2,1H3. The number of rotatable bonds is 4. The Hall–Kier alpha value is 0.137. The normalized spacial score (nSPS) is 27.0. The molecule has 0 saturated carbocycles. The SMILES string of the molecule is CCC[SiH2]OC1CCO1. The van der Waals surface area contributed by atoms with Crippen LogP contribution in [0.2, 0.25) is 6.04 Å². The molecule has 1 rings (SSSR count). The Morgan fingerprint density at radius 1 is 1.78 bits per heavy atom. The summed E-state index contributed by atoms with van der Waals surface area (Å²) in [6, 6.07) is 1.29. The highest BCUT2D eigenvalue weighted by Crippen LogP contribution is 2.11. The third-order valence-electron chi connectivity index (χ3n) is 1.46. The minimum atomic E-state index is -0.221. The van der Waals surface area contributed by atoms with Gasteiger partial charge in [-0.25, -0.2) is 0 Å². The molecule has 3 heteroatoms. The summed E-state index contributed by atoms with van der Waals surface area (Å²) < 4.78 is 10.5. The predicted octanol–water partition coefficient (Wildman–Crippen LogP) is 0.661. The van der Waals surface area contributed by atoms with Crippen molar-refractivity contribution in [2.24, 2.45) is 0 Å². The van der Waals surface area contributed by atoms with E-state index in [0.717, 1.165) is 13.0 Å². The zero-order chi connectivity index (χ0) is 6.53. The summed E-state index contributed by atoms with van der Waals surface area (Å²) in [6.45, 7) is 3.10. The molecule has 0 aromatic heterocycles. The maximum atomic E-state index is 5.44. The minimum absolute atomic E-state index is 0.197. The Kier molecular flexibility index (Phi) is 3.25. The Morgan fingerprint density at radius 2 is 2.56 bits per heavy atom. The Bertz CT molecular complexity index is 73.5. The molecule has 0 spiro atoms. The average molecular weight is 146 g/mol. The van der Waals surface area contributed by atoms with Gasteiger partial charge >= 0.3 is 0 Å². The Labute approximate surface area is 58.5 Å². The van der Waals surface area contributed by atoms with Crippen molar-refractivity contribution in [3.8, 4) is 0 Å². The zero-order valence-corrected chi connectivity index (χ0v) is 7.34. The number of ether oxygens (including phenoxy) is 1. The third-order valence-corrected chi connectivity index (χ3v) is 3.06. The van der Waals surface area contributed by atoms with Gasteiger partial charge in [-0.05, 0) is 6.04 Å². The molecule has 2 nitrogen and oxygen atoms in total. The molecule has 0 aromatic carbocycles. The monoisotopic (exact) mass is 146 g/mol. The molecule has 9 heavy (non-hydrogen) atoms. The van der Waals surface area contributed by atoms with E-state index < -0.39 is 0 Å². The molecule has 0 amide bonds. The van der Waals surface area contributed by atoms with Crippen LogP contribution in [-0.4, -0.2) is 22.7 Å². The van der Waals surface area contributed by atoms with Crippen LogP contribution in [0.5, 0.6) is 0 Å². The lowest BCUT2D eigenvalue weighted by Gasteiger charge is -2.26. The first-order valence-electron chi connectivity index (χ1n) is 3.66. The first-order chi connectivity index (χ1) is 4.43. The largest absolute Gasteiger partial charge is 0.400 e. The van der Waals surface area contributed by atoms with Crippen molar-refractivity contribution in [2.75, 3.05) is 6.61 Å². The highest BCUT2D eigenvalue weighted by molar-refractivity contribution is 6.27. The molecule has 0 N–H and O–H groups in total. The van der Waals surface area contributed by atoms with Crippen molar-refractivity contribution in [1.82, 2.24) is 0 Å². The van der Waals surface area contributed by atoms with Crippen molar-refractivity contribution < 1.29 is 9.16 Å². The second-order valence-electron chi connectivity index (χ2n) is 2.31. The van der Waals surface area contributed by atoms with Crippen LogP contribution in [0.25, 0.3) is 0 Å². The second kappa shape index (κ2) is 4.03. The van der Waals surface area contributed by atoms with E-state index in [1.54, 1.807) is 0 Å². The van der Waals surface area contributed by atoms with E-state index in [4.69, 9.17) is 9.16 Å². The highest BCUT2D eigenvalue weighted by Gasteiger charge is 2.16. The fourth-order valence-electron chi connectivity index (χ4n) is 0.705. The van der Waals surface area contributed by atoms with Crippen molar-refractivity contribution in [3.05, 3.63) is 0 Å². The number of hydrogen-bond donors (Lipinski definition) is 0. The zero-order valence-electron chi connectivity index (χ0n) is 5.93. The maximum absolute atomic E-state index is 5.44. The highest BCUT2D eigenvalue weighted by atomic mass is 28.2. The van der Waals surface area contributed by atoms with Crippen LogP contribution in [0.1, 0.15) is 19.8 Å². The summed E-state index contributed by atoms with van der Waals surface area (Å²) in [7, 11) is -0.221. The molecular weight excluding hydrogens is 132 g/mol. The maximum Gasteiger partial charge on any atom is 0.165 e. The van der Waals surface area contributed by atoms with E-state index in [9.17, 15) is 0 Å². The van der Waals surface area contributed by atoms with Gasteiger partial charge in [-0.15, -0.1) is 0 Å². The lowest BCUT2D eigenvalue weighted by molar-refractivity contribution is -0.165. The molecule has 1 fully saturated rings. The molecule has 1 atom stereocenters. The quantitative estimate of drug-likeness (QED) is 0.428. The Morgan fingerprint density at radius 3 is 3.00 bits per heavy atom. The summed E-state index contributed by atoms with van der Waals surface area (Å²) in [5.74, 6) is 0. The third kappa shape index (κ3) is 2.47. The van der Waals surface area contributed by atoms with Gasteiger partial charge in [0.05, 0.1) is 6.61 Å². The van der Waals surface area contributed by atoms with Crippen LogP contribution in [0, 0.1) is 0 Å². The van der Waals surface area contributed by atoms with E-state index in [-0.39, 0.29) is 16.1 Å². The topological polar surface area (TPSA) is 18.5 Å². The van der Waals surface area contributed by atoms with Crippen molar-refractivity contribution in [3.63, 3.8) is 0 Å². The smallest absolute Gasteiger partial charge is 0.165 e. The van der Waals surface area contributed by atoms with Gasteiger partial charge in [0, 0.05) is 6.42 Å². The van der Waals surface area contributed by atoms with Crippen LogP contribution in [0.3, 0.4) is 0 Å². The average Bonchev–Trinajstić information content (AvgIpc) is 1.76. The van der Waals surface area contributed by atoms with Gasteiger partial charge in [-0.3, -0.25) is 0 Å². The van der Waals surface area contributed by atoms with Gasteiger partial charge in [0.25, 0.3) is 0 Å². The van der Waals surface area contributed by atoms with Gasteiger partial charge in [0.1, 0.15) is 6.29 Å². The Balaban J connectivity index is 1.80. The molecule has 1 heterocycles. The molecule has 1 aliphatic heterocycles. The fourth-order valence-corrected chi connectivity index (χ4v) is 1.69. The van der Waals surface area contributed by atoms with Crippen molar-refractivity contribution in [1.29, 1.82) is 0 Å². The fraction of sp³-hybridized carbons (Fsp3) is 1.00. The summed E-state index contributed by atoms with van der Waals surface area (Å²) in [4.78, 5) is 0. The van der Waals surface area contributed by atoms with Crippen LogP contribution in [0.4, 0.5) is 0 Å². The van der Waals surface area contributed by atoms with E-state index >= 15 is 0 Å². The molecule has 0 radical (unpaired) electrons. The lowest BCUT2D eigenvalue weighted by Crippen LogP contribution is -2.30. The van der Waals surface area contributed by atoms with Gasteiger partial charge in [0.15, 0.2) is 9.76 Å². The molecule has 54 valence electrons. The molecular formula is C6H14O2Si. The van der Waals surface area contributed by atoms with Gasteiger partial charge in [-0.2, -0.15) is 0 Å². The summed E-state index contributed by atoms with van der Waals surface area (Å²) in [5.41, 5.74) is 0. The van der Waals surface area contributed by atoms with Crippen LogP contribution in [0.15, 0.2) is 0 Å². The van der Waals surface area contributed by atoms with Crippen LogP contribution >= 0.6 is 0 Å². The van der Waals surface area contributed by atoms with E-state index in [2.05, 4.69) is 6.92 Å². The summed E-state index contributed by atoms with van der Waals surface area (Å²) >= 11 is 0. The minimum Gasteiger partial charge on any atom is -0.400 e. The van der Waals surface area contributed by atoms with Gasteiger partial charge < -0.3 is 9.16 Å². The molecule has 0 bridgehead atoms. The first kappa shape index (κ1) is 7.25. The predicted molar refractivity (Wildman–Crippen MR) is 39.1 cm³/mol. The van der Waals surface area contributed by atoms with Crippen molar-refractivity contribution in [2.45, 2.75) is 32.1 Å². The van der Waals surface area contributed by atoms with E-state index in [0.29, 0.717) is 0 Å². The molecule has 1 saturated heterocycles. The number of hydrogen-bond acceptors (Lipinski definition) is 2. The van der Waals surface area contributed by atoms with Gasteiger partial charge in [-0.1, -0.05) is 13.3 Å². The lowest BCUT2D eigenvalue weighted by atomic mass is 10.4. The first-order valence-corrected chi connectivity index (χ1v) is 5.24. The van der Waals surface area contributed by atoms with Crippen LogP contribution in [-0.2, 0) is 9.16 Å². The summed E-state index contributed by atoms with van der Waals surface area (Å²) in [5, 5.41) is 0. The van der Waals surface area contributed by atoms with Crippen molar-refractivity contribution >= 4 is 9.76 Å². The molecule has 1 aliphatic rings. The van der Waals surface area contributed by atoms with E-state index in [1.165, 1.54) is 12.5 Å².